The predicted octanol–water partition coefficient (Wildman–Crippen LogP) is 3.58. The van der Waals surface area contributed by atoms with Crippen molar-refractivity contribution in [3.8, 4) is 11.5 Å². The molecule has 0 saturated carbocycles. The molecule has 2 amide bonds. The van der Waals surface area contributed by atoms with Gasteiger partial charge in [-0.1, -0.05) is 19.1 Å². The van der Waals surface area contributed by atoms with Gasteiger partial charge in [-0.15, -0.1) is 0 Å². The van der Waals surface area contributed by atoms with E-state index >= 15 is 0 Å². The first-order chi connectivity index (χ1) is 17.6. The Balaban J connectivity index is 2.16. The number of hydrogen-bond donors (Lipinski definition) is 1. The second-order valence-corrected chi connectivity index (χ2v) is 10.6. The predicted molar refractivity (Wildman–Crippen MR) is 145 cm³/mol. The van der Waals surface area contributed by atoms with Crippen LogP contribution in [0.5, 0.6) is 11.5 Å². The highest BCUT2D eigenvalue weighted by Crippen LogP contribution is 2.23. The van der Waals surface area contributed by atoms with Crippen LogP contribution < -0.4 is 19.1 Å². The molecule has 0 aromatic heterocycles. The van der Waals surface area contributed by atoms with E-state index in [9.17, 15) is 18.0 Å². The van der Waals surface area contributed by atoms with E-state index in [2.05, 4.69) is 5.32 Å². The molecule has 0 saturated heterocycles. The Labute approximate surface area is 220 Å². The summed E-state index contributed by atoms with van der Waals surface area (Å²) in [5.74, 6) is 0.845. The minimum Gasteiger partial charge on any atom is -0.497 e. The van der Waals surface area contributed by atoms with Crippen LogP contribution >= 0.6 is 0 Å². The van der Waals surface area contributed by atoms with E-state index in [0.717, 1.165) is 18.2 Å². The number of nitrogens with one attached hydrogen (secondary N) is 1. The van der Waals surface area contributed by atoms with Gasteiger partial charge < -0.3 is 19.7 Å². The largest absolute Gasteiger partial charge is 0.497 e. The second-order valence-electron chi connectivity index (χ2n) is 8.71. The van der Waals surface area contributed by atoms with Gasteiger partial charge in [-0.2, -0.15) is 0 Å². The smallest absolute Gasteiger partial charge is 0.242 e. The number of sulfonamides is 1. The molecular weight excluding hydrogens is 494 g/mol. The molecule has 2 rings (SSSR count). The first-order valence-corrected chi connectivity index (χ1v) is 14.4. The van der Waals surface area contributed by atoms with E-state index in [1.807, 2.05) is 38.1 Å². The van der Waals surface area contributed by atoms with Crippen molar-refractivity contribution >= 4 is 27.5 Å². The van der Waals surface area contributed by atoms with Gasteiger partial charge >= 0.3 is 0 Å². The average Bonchev–Trinajstić information content (AvgIpc) is 2.88. The summed E-state index contributed by atoms with van der Waals surface area (Å²) < 4.78 is 37.0. The van der Waals surface area contributed by atoms with Crippen LogP contribution in [0.25, 0.3) is 0 Å². The quantitative estimate of drug-likeness (QED) is 0.375. The molecule has 0 radical (unpaired) electrons. The van der Waals surface area contributed by atoms with E-state index < -0.39 is 16.1 Å². The number of benzene rings is 2. The molecule has 2 aromatic rings. The molecule has 0 aliphatic rings. The number of amides is 2. The van der Waals surface area contributed by atoms with Crippen LogP contribution in [-0.2, 0) is 26.2 Å². The Bertz CT molecular complexity index is 1120. The van der Waals surface area contributed by atoms with Crippen molar-refractivity contribution in [2.24, 2.45) is 0 Å². The van der Waals surface area contributed by atoms with Crippen molar-refractivity contribution in [2.75, 3.05) is 37.4 Å². The summed E-state index contributed by atoms with van der Waals surface area (Å²) in [6.07, 6.45) is 2.30. The Morgan fingerprint density at radius 2 is 1.76 bits per heavy atom. The summed E-state index contributed by atoms with van der Waals surface area (Å²) >= 11 is 0. The van der Waals surface area contributed by atoms with Crippen molar-refractivity contribution in [3.63, 3.8) is 0 Å². The van der Waals surface area contributed by atoms with Crippen LogP contribution in [0.1, 0.15) is 45.6 Å². The number of anilines is 1. The number of ether oxygens (including phenoxy) is 2. The maximum atomic E-state index is 13.3. The second kappa shape index (κ2) is 14.5. The van der Waals surface area contributed by atoms with Crippen molar-refractivity contribution in [3.05, 3.63) is 54.1 Å². The summed E-state index contributed by atoms with van der Waals surface area (Å²) in [4.78, 5) is 27.6. The van der Waals surface area contributed by atoms with Crippen LogP contribution in [0.2, 0.25) is 0 Å². The van der Waals surface area contributed by atoms with Gasteiger partial charge in [-0.05, 0) is 68.7 Å². The van der Waals surface area contributed by atoms with E-state index in [0.29, 0.717) is 30.3 Å². The van der Waals surface area contributed by atoms with Gasteiger partial charge in [0, 0.05) is 26.1 Å². The molecule has 0 unspecified atom stereocenters. The summed E-state index contributed by atoms with van der Waals surface area (Å²) in [6, 6.07) is 13.5. The molecule has 9 nitrogen and oxygen atoms in total. The topological polar surface area (TPSA) is 105 Å². The monoisotopic (exact) mass is 533 g/mol. The van der Waals surface area contributed by atoms with Gasteiger partial charge in [-0.25, -0.2) is 8.42 Å². The number of methoxy groups -OCH3 is 1. The number of carbonyl (C=O) groups is 2. The Kier molecular flexibility index (Phi) is 11.7. The normalized spacial score (nSPS) is 11.9. The molecule has 0 aliphatic heterocycles. The van der Waals surface area contributed by atoms with Crippen molar-refractivity contribution in [1.82, 2.24) is 10.2 Å². The fourth-order valence-electron chi connectivity index (χ4n) is 3.83. The van der Waals surface area contributed by atoms with Gasteiger partial charge in [0.25, 0.3) is 0 Å². The lowest BCUT2D eigenvalue weighted by molar-refractivity contribution is -0.140. The van der Waals surface area contributed by atoms with Gasteiger partial charge in [0.05, 0.1) is 25.7 Å². The van der Waals surface area contributed by atoms with E-state index in [4.69, 9.17) is 9.47 Å². The van der Waals surface area contributed by atoms with Crippen molar-refractivity contribution in [1.29, 1.82) is 0 Å². The van der Waals surface area contributed by atoms with E-state index in [1.165, 1.54) is 9.21 Å². The van der Waals surface area contributed by atoms with Gasteiger partial charge in [-0.3, -0.25) is 13.9 Å². The number of hydrogen-bond acceptors (Lipinski definition) is 6. The summed E-state index contributed by atoms with van der Waals surface area (Å²) in [6.45, 7) is 6.93. The van der Waals surface area contributed by atoms with Crippen LogP contribution in [0.4, 0.5) is 5.69 Å². The van der Waals surface area contributed by atoms with Gasteiger partial charge in [0.2, 0.25) is 21.8 Å². The van der Waals surface area contributed by atoms with Crippen LogP contribution in [0, 0.1) is 0 Å². The lowest BCUT2D eigenvalue weighted by atomic mass is 10.1. The number of carbonyl (C=O) groups excluding carboxylic acids is 2. The summed E-state index contributed by atoms with van der Waals surface area (Å²) in [5.41, 5.74) is 1.33. The van der Waals surface area contributed by atoms with Crippen LogP contribution in [0.3, 0.4) is 0 Å². The highest BCUT2D eigenvalue weighted by Gasteiger charge is 2.26. The minimum atomic E-state index is -3.57. The average molecular weight is 534 g/mol. The first kappa shape index (κ1) is 30.0. The number of rotatable bonds is 15. The Morgan fingerprint density at radius 1 is 1.05 bits per heavy atom. The number of nitrogens with zero attached hydrogens (tertiary/aromatic N) is 2. The molecule has 0 fully saturated rings. The molecule has 0 spiro atoms. The lowest BCUT2D eigenvalue weighted by Gasteiger charge is -2.29. The third kappa shape index (κ3) is 9.27. The molecule has 1 N–H and O–H groups in total. The van der Waals surface area contributed by atoms with E-state index in [1.54, 1.807) is 38.3 Å². The fourth-order valence-corrected chi connectivity index (χ4v) is 4.79. The maximum absolute atomic E-state index is 13.3. The lowest BCUT2D eigenvalue weighted by Crippen LogP contribution is -2.47. The Hall–Kier alpha value is -3.27. The molecule has 37 heavy (non-hydrogen) atoms. The standard InChI is InChI=1S/C27H39N3O6S/c1-6-17-28-27(32)21(3)29(20-22-10-8-11-25(19-22)35-4)26(31)12-9-18-30(37(5,33)34)23-13-15-24(16-14-23)36-7-2/h8,10-11,13-16,19,21H,6-7,9,12,17-18,20H2,1-5H3,(H,28,32)/t21-/m1/s1. The third-order valence-electron chi connectivity index (χ3n) is 5.79. The Morgan fingerprint density at radius 3 is 2.35 bits per heavy atom. The van der Waals surface area contributed by atoms with E-state index in [-0.39, 0.29) is 37.7 Å². The zero-order valence-electron chi connectivity index (χ0n) is 22.4. The molecule has 10 heteroatoms. The zero-order valence-corrected chi connectivity index (χ0v) is 23.2. The molecule has 0 aliphatic carbocycles. The highest BCUT2D eigenvalue weighted by molar-refractivity contribution is 7.92. The fraction of sp³-hybridized carbons (Fsp3) is 0.481. The molecule has 1 atom stereocenters. The molecule has 204 valence electrons. The molecule has 2 aromatic carbocycles. The minimum absolute atomic E-state index is 0.0818. The van der Waals surface area contributed by atoms with Gasteiger partial charge in [0.15, 0.2) is 0 Å². The van der Waals surface area contributed by atoms with Crippen molar-refractivity contribution < 1.29 is 27.5 Å². The molecule has 0 heterocycles. The summed E-state index contributed by atoms with van der Waals surface area (Å²) in [7, 11) is -2.00. The third-order valence-corrected chi connectivity index (χ3v) is 6.99. The first-order valence-electron chi connectivity index (χ1n) is 12.5. The summed E-state index contributed by atoms with van der Waals surface area (Å²) in [5, 5.41) is 2.85. The van der Waals surface area contributed by atoms with Crippen LogP contribution in [0.15, 0.2) is 48.5 Å². The highest BCUT2D eigenvalue weighted by atomic mass is 32.2. The van der Waals surface area contributed by atoms with Gasteiger partial charge in [0.1, 0.15) is 17.5 Å². The zero-order chi connectivity index (χ0) is 27.4. The maximum Gasteiger partial charge on any atom is 0.242 e. The molecule has 0 bridgehead atoms. The molecular formula is C27H39N3O6S. The SMILES string of the molecule is CCCNC(=O)[C@@H](C)N(Cc1cccc(OC)c1)C(=O)CCCN(c1ccc(OCC)cc1)S(C)(=O)=O. The van der Waals surface area contributed by atoms with Crippen LogP contribution in [-0.4, -0.2) is 64.2 Å². The van der Waals surface area contributed by atoms with Crippen molar-refractivity contribution in [2.45, 2.75) is 52.6 Å².